The summed E-state index contributed by atoms with van der Waals surface area (Å²) in [6, 6.07) is 7.93. The van der Waals surface area contributed by atoms with Crippen LogP contribution < -0.4 is 11.1 Å². The van der Waals surface area contributed by atoms with E-state index in [0.717, 1.165) is 5.69 Å². The van der Waals surface area contributed by atoms with Crippen molar-refractivity contribution in [1.82, 2.24) is 4.31 Å². The van der Waals surface area contributed by atoms with Gasteiger partial charge in [0.2, 0.25) is 10.0 Å². The van der Waals surface area contributed by atoms with Crippen LogP contribution in [0.1, 0.15) is 39.2 Å². The van der Waals surface area contributed by atoms with E-state index in [0.29, 0.717) is 19.0 Å². The maximum atomic E-state index is 12.0. The quantitative estimate of drug-likeness (QED) is 0.349. The molecule has 0 aliphatic rings. The zero-order valence-electron chi connectivity index (χ0n) is 14.8. The summed E-state index contributed by atoms with van der Waals surface area (Å²) in [5, 5.41) is 3.00. The molecule has 0 aliphatic heterocycles. The monoisotopic (exact) mass is 468 g/mol. The van der Waals surface area contributed by atoms with Gasteiger partial charge in [-0.2, -0.15) is 0 Å². The van der Waals surface area contributed by atoms with Crippen molar-refractivity contribution in [2.45, 2.75) is 33.6 Å². The van der Waals surface area contributed by atoms with E-state index in [-0.39, 0.29) is 42.2 Å². The molecule has 24 heavy (non-hydrogen) atoms. The summed E-state index contributed by atoms with van der Waals surface area (Å²) < 4.78 is 25.5. The molecule has 0 spiro atoms. The highest BCUT2D eigenvalue weighted by atomic mass is 127. The van der Waals surface area contributed by atoms with E-state index >= 15 is 0 Å². The largest absolute Gasteiger partial charge is 0.370 e. The van der Waals surface area contributed by atoms with Crippen molar-refractivity contribution in [1.29, 1.82) is 0 Å². The van der Waals surface area contributed by atoms with Crippen molar-refractivity contribution in [2.75, 3.05) is 30.7 Å². The first-order chi connectivity index (χ1) is 10.8. The predicted molar refractivity (Wildman–Crippen MR) is 113 cm³/mol. The number of sulfonamides is 1. The topological polar surface area (TPSA) is 87.8 Å². The minimum Gasteiger partial charge on any atom is -0.370 e. The van der Waals surface area contributed by atoms with Crippen LogP contribution in [0.15, 0.2) is 29.3 Å². The van der Waals surface area contributed by atoms with Crippen LogP contribution in [0.4, 0.5) is 5.69 Å². The lowest BCUT2D eigenvalue weighted by Crippen LogP contribution is -2.34. The number of guanidine groups is 1. The van der Waals surface area contributed by atoms with E-state index in [1.165, 1.54) is 9.87 Å². The smallest absolute Gasteiger partial charge is 0.215 e. The Labute approximate surface area is 163 Å². The molecule has 0 radical (unpaired) electrons. The molecule has 0 saturated heterocycles. The molecular formula is C16H29IN4O2S. The van der Waals surface area contributed by atoms with Gasteiger partial charge in [-0.25, -0.2) is 12.7 Å². The van der Waals surface area contributed by atoms with Crippen molar-refractivity contribution in [3.05, 3.63) is 29.8 Å². The second kappa shape index (κ2) is 10.9. The summed E-state index contributed by atoms with van der Waals surface area (Å²) >= 11 is 0. The van der Waals surface area contributed by atoms with Crippen molar-refractivity contribution in [3.63, 3.8) is 0 Å². The lowest BCUT2D eigenvalue weighted by molar-refractivity contribution is 0.445. The average molecular weight is 468 g/mol. The van der Waals surface area contributed by atoms with E-state index in [1.54, 1.807) is 0 Å². The minimum absolute atomic E-state index is 0. The van der Waals surface area contributed by atoms with Gasteiger partial charge in [0.1, 0.15) is 0 Å². The van der Waals surface area contributed by atoms with E-state index in [1.807, 2.05) is 32.0 Å². The zero-order chi connectivity index (χ0) is 17.5. The molecular weight excluding hydrogens is 439 g/mol. The molecule has 0 heterocycles. The molecule has 0 aromatic heterocycles. The first-order valence-electron chi connectivity index (χ1n) is 7.94. The Morgan fingerprint density at radius 1 is 1.29 bits per heavy atom. The lowest BCUT2D eigenvalue weighted by Gasteiger charge is -2.17. The summed E-state index contributed by atoms with van der Waals surface area (Å²) in [6.07, 6.45) is 0. The first-order valence-corrected chi connectivity index (χ1v) is 9.55. The summed E-state index contributed by atoms with van der Waals surface area (Å²) in [4.78, 5) is 4.11. The van der Waals surface area contributed by atoms with E-state index in [9.17, 15) is 8.42 Å². The fraction of sp³-hybridized carbons (Fsp3) is 0.562. The Balaban J connectivity index is 0.00000529. The summed E-state index contributed by atoms with van der Waals surface area (Å²) in [6.45, 7) is 8.96. The van der Waals surface area contributed by atoms with Gasteiger partial charge in [-0.15, -0.1) is 24.0 Å². The fourth-order valence-corrected chi connectivity index (χ4v) is 3.56. The molecule has 0 fully saturated rings. The average Bonchev–Trinajstić information content (AvgIpc) is 2.48. The first kappa shape index (κ1) is 23.1. The molecule has 0 bridgehead atoms. The number of halogens is 1. The highest BCUT2D eigenvalue weighted by Crippen LogP contribution is 2.18. The van der Waals surface area contributed by atoms with Gasteiger partial charge in [-0.1, -0.05) is 39.8 Å². The molecule has 1 rings (SSSR count). The third-order valence-electron chi connectivity index (χ3n) is 3.56. The number of anilines is 1. The lowest BCUT2D eigenvalue weighted by atomic mass is 10.0. The number of nitrogens with zero attached hydrogens (tertiary/aromatic N) is 2. The SMILES string of the molecule is CCN(CC)S(=O)(=O)CCN=C(N)Nc1cccc(C(C)C)c1.I. The van der Waals surface area contributed by atoms with Gasteiger partial charge in [0.25, 0.3) is 0 Å². The number of nitrogens with two attached hydrogens (primary N) is 1. The molecule has 8 heteroatoms. The fourth-order valence-electron chi connectivity index (χ4n) is 2.19. The molecule has 138 valence electrons. The predicted octanol–water partition coefficient (Wildman–Crippen LogP) is 2.83. The maximum absolute atomic E-state index is 12.0. The summed E-state index contributed by atoms with van der Waals surface area (Å²) in [5.41, 5.74) is 7.88. The van der Waals surface area contributed by atoms with Crippen LogP contribution in [-0.2, 0) is 10.0 Å². The molecule has 0 unspecified atom stereocenters. The maximum Gasteiger partial charge on any atom is 0.215 e. The Kier molecular flexibility index (Phi) is 10.5. The van der Waals surface area contributed by atoms with Crippen LogP contribution in [0.25, 0.3) is 0 Å². The number of benzene rings is 1. The molecule has 0 atom stereocenters. The van der Waals surface area contributed by atoms with Gasteiger partial charge < -0.3 is 11.1 Å². The molecule has 0 amide bonds. The number of aliphatic imine (C=N–C) groups is 1. The van der Waals surface area contributed by atoms with E-state index in [2.05, 4.69) is 30.2 Å². The Morgan fingerprint density at radius 2 is 1.92 bits per heavy atom. The van der Waals surface area contributed by atoms with Crippen molar-refractivity contribution < 1.29 is 8.42 Å². The van der Waals surface area contributed by atoms with Crippen molar-refractivity contribution in [3.8, 4) is 0 Å². The van der Waals surface area contributed by atoms with Gasteiger partial charge in [0.05, 0.1) is 12.3 Å². The highest BCUT2D eigenvalue weighted by molar-refractivity contribution is 14.0. The zero-order valence-corrected chi connectivity index (χ0v) is 18.0. The Hall–Kier alpha value is -0.870. The third-order valence-corrected chi connectivity index (χ3v) is 5.56. The normalized spacial score (nSPS) is 12.3. The standard InChI is InChI=1S/C16H28N4O2S.HI/c1-5-20(6-2)23(21,22)11-10-18-16(17)19-15-9-7-8-14(12-15)13(3)4;/h7-9,12-13H,5-6,10-11H2,1-4H3,(H3,17,18,19);1H. The molecule has 0 aliphatic carbocycles. The van der Waals surface area contributed by atoms with Gasteiger partial charge in [-0.3, -0.25) is 4.99 Å². The molecule has 1 aromatic carbocycles. The molecule has 0 saturated carbocycles. The van der Waals surface area contributed by atoms with Crippen molar-refractivity contribution >= 4 is 45.6 Å². The van der Waals surface area contributed by atoms with Crippen LogP contribution in [0.3, 0.4) is 0 Å². The van der Waals surface area contributed by atoms with Crippen LogP contribution in [-0.4, -0.2) is 44.1 Å². The van der Waals surface area contributed by atoms with Gasteiger partial charge in [0, 0.05) is 18.8 Å². The Morgan fingerprint density at radius 3 is 2.46 bits per heavy atom. The second-order valence-electron chi connectivity index (χ2n) is 5.57. The van der Waals surface area contributed by atoms with Crippen LogP contribution in [0.2, 0.25) is 0 Å². The highest BCUT2D eigenvalue weighted by Gasteiger charge is 2.17. The Bertz CT molecular complexity index is 629. The minimum atomic E-state index is -3.27. The van der Waals surface area contributed by atoms with Crippen LogP contribution in [0, 0.1) is 0 Å². The molecule has 6 nitrogen and oxygen atoms in total. The number of rotatable bonds is 8. The van der Waals surface area contributed by atoms with Crippen LogP contribution >= 0.6 is 24.0 Å². The number of hydrogen-bond donors (Lipinski definition) is 2. The van der Waals surface area contributed by atoms with Gasteiger partial charge >= 0.3 is 0 Å². The summed E-state index contributed by atoms with van der Waals surface area (Å²) in [5.74, 6) is 0.609. The second-order valence-corrected chi connectivity index (χ2v) is 7.66. The number of hydrogen-bond acceptors (Lipinski definition) is 3. The van der Waals surface area contributed by atoms with Crippen LogP contribution in [0.5, 0.6) is 0 Å². The van der Waals surface area contributed by atoms with E-state index in [4.69, 9.17) is 5.73 Å². The van der Waals surface area contributed by atoms with Gasteiger partial charge in [0.15, 0.2) is 5.96 Å². The van der Waals surface area contributed by atoms with E-state index < -0.39 is 10.0 Å². The molecule has 1 aromatic rings. The van der Waals surface area contributed by atoms with Gasteiger partial charge in [-0.05, 0) is 23.6 Å². The summed E-state index contributed by atoms with van der Waals surface area (Å²) in [7, 11) is -3.27. The number of nitrogens with one attached hydrogen (secondary N) is 1. The van der Waals surface area contributed by atoms with Crippen molar-refractivity contribution in [2.24, 2.45) is 10.7 Å². The third kappa shape index (κ3) is 7.35. The molecule has 3 N–H and O–H groups in total.